The van der Waals surface area contributed by atoms with Gasteiger partial charge >= 0.3 is 0 Å². The summed E-state index contributed by atoms with van der Waals surface area (Å²) in [6.45, 7) is 2.76. The van der Waals surface area contributed by atoms with Crippen molar-refractivity contribution in [3.05, 3.63) is 23.8 Å². The molecule has 1 aromatic carbocycles. The van der Waals surface area contributed by atoms with Gasteiger partial charge in [-0.3, -0.25) is 0 Å². The molecule has 0 saturated carbocycles. The van der Waals surface area contributed by atoms with E-state index in [2.05, 4.69) is 6.07 Å². The van der Waals surface area contributed by atoms with E-state index in [0.29, 0.717) is 5.92 Å². The van der Waals surface area contributed by atoms with E-state index >= 15 is 0 Å². The van der Waals surface area contributed by atoms with E-state index in [-0.39, 0.29) is 6.04 Å². The minimum absolute atomic E-state index is 0.153. The molecule has 82 valence electrons. The van der Waals surface area contributed by atoms with E-state index in [1.807, 2.05) is 19.1 Å². The van der Waals surface area contributed by atoms with Gasteiger partial charge in [0.05, 0.1) is 13.7 Å². The van der Waals surface area contributed by atoms with Crippen molar-refractivity contribution >= 4 is 0 Å². The third-order valence-electron chi connectivity index (χ3n) is 2.94. The van der Waals surface area contributed by atoms with Crippen molar-refractivity contribution in [1.29, 1.82) is 0 Å². The average molecular weight is 207 g/mol. The summed E-state index contributed by atoms with van der Waals surface area (Å²) in [6, 6.07) is 6.13. The van der Waals surface area contributed by atoms with Gasteiger partial charge in [0.1, 0.15) is 0 Å². The third kappa shape index (κ3) is 1.79. The van der Waals surface area contributed by atoms with Gasteiger partial charge in [0.15, 0.2) is 11.5 Å². The maximum atomic E-state index is 5.98. The van der Waals surface area contributed by atoms with Crippen LogP contribution in [-0.2, 0) is 0 Å². The first kappa shape index (κ1) is 10.3. The number of nitrogens with two attached hydrogens (primary N) is 1. The average Bonchev–Trinajstić information content (AvgIpc) is 2.27. The van der Waals surface area contributed by atoms with Gasteiger partial charge in [-0.2, -0.15) is 0 Å². The summed E-state index contributed by atoms with van der Waals surface area (Å²) >= 11 is 0. The van der Waals surface area contributed by atoms with E-state index in [1.54, 1.807) is 7.11 Å². The highest BCUT2D eigenvalue weighted by Gasteiger charge is 2.26. The fourth-order valence-corrected chi connectivity index (χ4v) is 2.13. The SMILES string of the molecule is COc1cccc2c1OCCC2C(C)N. The lowest BCUT2D eigenvalue weighted by Gasteiger charge is -2.29. The Hall–Kier alpha value is -1.22. The molecular weight excluding hydrogens is 190 g/mol. The Morgan fingerprint density at radius 2 is 2.33 bits per heavy atom. The van der Waals surface area contributed by atoms with Crippen molar-refractivity contribution in [2.45, 2.75) is 25.3 Å². The van der Waals surface area contributed by atoms with Gasteiger partial charge in [-0.1, -0.05) is 12.1 Å². The van der Waals surface area contributed by atoms with Crippen molar-refractivity contribution in [1.82, 2.24) is 0 Å². The van der Waals surface area contributed by atoms with Crippen LogP contribution < -0.4 is 15.2 Å². The number of methoxy groups -OCH3 is 1. The van der Waals surface area contributed by atoms with Crippen molar-refractivity contribution < 1.29 is 9.47 Å². The molecule has 1 aromatic rings. The van der Waals surface area contributed by atoms with Gasteiger partial charge < -0.3 is 15.2 Å². The van der Waals surface area contributed by atoms with Crippen molar-refractivity contribution in [3.8, 4) is 11.5 Å². The number of hydrogen-bond donors (Lipinski definition) is 1. The maximum Gasteiger partial charge on any atom is 0.164 e. The summed E-state index contributed by atoms with van der Waals surface area (Å²) in [6.07, 6.45) is 0.984. The van der Waals surface area contributed by atoms with Gasteiger partial charge in [0, 0.05) is 17.5 Å². The van der Waals surface area contributed by atoms with Crippen LogP contribution in [0.5, 0.6) is 11.5 Å². The van der Waals surface area contributed by atoms with Crippen LogP contribution in [0.15, 0.2) is 18.2 Å². The molecule has 2 unspecified atom stereocenters. The summed E-state index contributed by atoms with van der Waals surface area (Å²) in [4.78, 5) is 0. The van der Waals surface area contributed by atoms with E-state index in [1.165, 1.54) is 5.56 Å². The lowest BCUT2D eigenvalue weighted by Crippen LogP contribution is -2.29. The molecule has 0 amide bonds. The summed E-state index contributed by atoms with van der Waals surface area (Å²) in [5.74, 6) is 2.05. The fourth-order valence-electron chi connectivity index (χ4n) is 2.13. The van der Waals surface area contributed by atoms with Crippen molar-refractivity contribution in [3.63, 3.8) is 0 Å². The van der Waals surface area contributed by atoms with Crippen molar-refractivity contribution in [2.75, 3.05) is 13.7 Å². The van der Waals surface area contributed by atoms with Gasteiger partial charge in [0.25, 0.3) is 0 Å². The first-order valence-corrected chi connectivity index (χ1v) is 5.29. The largest absolute Gasteiger partial charge is 0.493 e. The Morgan fingerprint density at radius 3 is 3.00 bits per heavy atom. The number of rotatable bonds is 2. The highest BCUT2D eigenvalue weighted by atomic mass is 16.5. The summed E-state index contributed by atoms with van der Waals surface area (Å²) in [5.41, 5.74) is 7.15. The molecule has 1 heterocycles. The Morgan fingerprint density at radius 1 is 1.53 bits per heavy atom. The van der Waals surface area contributed by atoms with Crippen LogP contribution in [0.25, 0.3) is 0 Å². The zero-order chi connectivity index (χ0) is 10.8. The Kier molecular flexibility index (Phi) is 2.82. The van der Waals surface area contributed by atoms with Crippen LogP contribution in [0, 0.1) is 0 Å². The van der Waals surface area contributed by atoms with Crippen molar-refractivity contribution in [2.24, 2.45) is 5.73 Å². The topological polar surface area (TPSA) is 44.5 Å². The number of ether oxygens (including phenoxy) is 2. The number of para-hydroxylation sites is 1. The molecule has 1 aliphatic rings. The maximum absolute atomic E-state index is 5.98. The second-order valence-corrected chi connectivity index (χ2v) is 3.98. The van der Waals surface area contributed by atoms with Gasteiger partial charge in [-0.15, -0.1) is 0 Å². The van der Waals surface area contributed by atoms with E-state index in [0.717, 1.165) is 24.5 Å². The zero-order valence-electron chi connectivity index (χ0n) is 9.19. The van der Waals surface area contributed by atoms with Crippen LogP contribution >= 0.6 is 0 Å². The molecular formula is C12H17NO2. The molecule has 0 bridgehead atoms. The number of benzene rings is 1. The van der Waals surface area contributed by atoms with Crippen LogP contribution in [-0.4, -0.2) is 19.8 Å². The van der Waals surface area contributed by atoms with E-state index in [9.17, 15) is 0 Å². The lowest BCUT2D eigenvalue weighted by atomic mass is 9.88. The van der Waals surface area contributed by atoms with Gasteiger partial charge in [-0.25, -0.2) is 0 Å². The normalized spacial score (nSPS) is 21.4. The second-order valence-electron chi connectivity index (χ2n) is 3.98. The summed E-state index contributed by atoms with van der Waals surface area (Å²) in [7, 11) is 1.66. The third-order valence-corrected chi connectivity index (χ3v) is 2.94. The van der Waals surface area contributed by atoms with Crippen LogP contribution in [0.1, 0.15) is 24.8 Å². The van der Waals surface area contributed by atoms with Gasteiger partial charge in [0.2, 0.25) is 0 Å². The first-order valence-electron chi connectivity index (χ1n) is 5.29. The standard InChI is InChI=1S/C12H17NO2/c1-8(13)9-6-7-15-12-10(9)4-3-5-11(12)14-2/h3-5,8-9H,6-7,13H2,1-2H3. The molecule has 3 nitrogen and oxygen atoms in total. The molecule has 2 N–H and O–H groups in total. The fraction of sp³-hybridized carbons (Fsp3) is 0.500. The molecule has 3 heteroatoms. The zero-order valence-corrected chi connectivity index (χ0v) is 9.19. The predicted octanol–water partition coefficient (Wildman–Crippen LogP) is 1.91. The van der Waals surface area contributed by atoms with Crippen LogP contribution in [0.2, 0.25) is 0 Å². The lowest BCUT2D eigenvalue weighted by molar-refractivity contribution is 0.243. The second kappa shape index (κ2) is 4.11. The monoisotopic (exact) mass is 207 g/mol. The molecule has 15 heavy (non-hydrogen) atoms. The van der Waals surface area contributed by atoms with Crippen LogP contribution in [0.3, 0.4) is 0 Å². The van der Waals surface area contributed by atoms with E-state index in [4.69, 9.17) is 15.2 Å². The smallest absolute Gasteiger partial charge is 0.164 e. The molecule has 0 aromatic heterocycles. The highest BCUT2D eigenvalue weighted by Crippen LogP contribution is 2.41. The molecule has 2 atom stereocenters. The number of hydrogen-bond acceptors (Lipinski definition) is 3. The molecule has 0 fully saturated rings. The molecule has 0 spiro atoms. The Bertz CT molecular complexity index is 349. The molecule has 0 aliphatic carbocycles. The van der Waals surface area contributed by atoms with Crippen LogP contribution in [0.4, 0.5) is 0 Å². The molecule has 0 radical (unpaired) electrons. The molecule has 1 aliphatic heterocycles. The Balaban J connectivity index is 2.44. The molecule has 2 rings (SSSR count). The quantitative estimate of drug-likeness (QED) is 0.805. The first-order chi connectivity index (χ1) is 7.24. The molecule has 0 saturated heterocycles. The summed E-state index contributed by atoms with van der Waals surface area (Å²) in [5, 5.41) is 0. The summed E-state index contributed by atoms with van der Waals surface area (Å²) < 4.78 is 10.9. The van der Waals surface area contributed by atoms with E-state index < -0.39 is 0 Å². The number of fused-ring (bicyclic) bond motifs is 1. The minimum atomic E-state index is 0.153. The minimum Gasteiger partial charge on any atom is -0.493 e. The van der Waals surface area contributed by atoms with Gasteiger partial charge in [-0.05, 0) is 19.4 Å². The Labute approximate surface area is 90.2 Å². The highest BCUT2D eigenvalue weighted by molar-refractivity contribution is 5.49. The predicted molar refractivity (Wildman–Crippen MR) is 59.5 cm³/mol.